The topological polar surface area (TPSA) is 55.4 Å². The number of ether oxygens (including phenoxy) is 1. The van der Waals surface area contributed by atoms with Gasteiger partial charge in [-0.25, -0.2) is 0 Å². The van der Waals surface area contributed by atoms with E-state index in [9.17, 15) is 9.59 Å². The van der Waals surface area contributed by atoms with Crippen molar-refractivity contribution in [1.29, 1.82) is 0 Å². The molecule has 0 bridgehead atoms. The highest BCUT2D eigenvalue weighted by Crippen LogP contribution is 2.25. The van der Waals surface area contributed by atoms with E-state index in [1.54, 1.807) is 0 Å². The molecule has 1 N–H and O–H groups in total. The van der Waals surface area contributed by atoms with Crippen LogP contribution in [0.4, 0.5) is 0 Å². The van der Waals surface area contributed by atoms with Gasteiger partial charge in [-0.2, -0.15) is 0 Å². The maximum absolute atomic E-state index is 11.8. The predicted molar refractivity (Wildman–Crippen MR) is 82.0 cm³/mol. The Morgan fingerprint density at radius 2 is 1.91 bits per heavy atom. The first-order chi connectivity index (χ1) is 10.7. The lowest BCUT2D eigenvalue weighted by molar-refractivity contribution is -0.134. The van der Waals surface area contributed by atoms with E-state index in [4.69, 9.17) is 4.74 Å². The molecule has 1 aromatic rings. The second kappa shape index (κ2) is 6.76. The minimum atomic E-state index is -0.235. The largest absolute Gasteiger partial charge is 0.366 e. The molecular weight excluding hydrogens is 278 g/mol. The Kier molecular flexibility index (Phi) is 4.55. The third-order valence-corrected chi connectivity index (χ3v) is 4.23. The molecule has 1 atom stereocenters. The van der Waals surface area contributed by atoms with Crippen molar-refractivity contribution >= 4 is 11.8 Å². The smallest absolute Gasteiger partial charge is 0.234 e. The lowest BCUT2D eigenvalue weighted by Crippen LogP contribution is -2.39. The fourth-order valence-electron chi connectivity index (χ4n) is 2.65. The molecule has 0 aromatic heterocycles. The molecule has 2 aliphatic rings. The van der Waals surface area contributed by atoms with Crippen molar-refractivity contribution in [2.45, 2.75) is 44.1 Å². The molecule has 1 unspecified atom stereocenters. The van der Waals surface area contributed by atoms with E-state index in [2.05, 4.69) is 17.2 Å². The third-order valence-electron chi connectivity index (χ3n) is 4.23. The monoisotopic (exact) mass is 297 g/mol. The number of carbonyl (C=O) groups is 2. The lowest BCUT2D eigenvalue weighted by atomic mass is 9.90. The fraction of sp³-hybridized carbons (Fsp3) is 0.444. The average molecular weight is 297 g/mol. The van der Waals surface area contributed by atoms with E-state index in [-0.39, 0.29) is 17.7 Å². The van der Waals surface area contributed by atoms with Crippen molar-refractivity contribution < 1.29 is 14.3 Å². The molecule has 1 heterocycles. The van der Waals surface area contributed by atoms with Crippen LogP contribution in [0.3, 0.4) is 0 Å². The van der Waals surface area contributed by atoms with Crippen LogP contribution in [-0.2, 0) is 14.3 Å². The zero-order valence-electron chi connectivity index (χ0n) is 12.4. The van der Waals surface area contributed by atoms with E-state index in [0.29, 0.717) is 25.6 Å². The van der Waals surface area contributed by atoms with Crippen molar-refractivity contribution in [3.05, 3.63) is 35.4 Å². The first kappa shape index (κ1) is 14.8. The van der Waals surface area contributed by atoms with Crippen LogP contribution in [0.5, 0.6) is 0 Å². The Morgan fingerprint density at radius 3 is 2.55 bits per heavy atom. The summed E-state index contributed by atoms with van der Waals surface area (Å²) < 4.78 is 5.58. The molecule has 0 radical (unpaired) electrons. The van der Waals surface area contributed by atoms with Crippen LogP contribution in [0.1, 0.15) is 49.1 Å². The highest BCUT2D eigenvalue weighted by Gasteiger charge is 2.27. The van der Waals surface area contributed by atoms with Crippen LogP contribution in [0.2, 0.25) is 0 Å². The number of amides is 2. The van der Waals surface area contributed by atoms with E-state index < -0.39 is 0 Å². The van der Waals surface area contributed by atoms with Gasteiger partial charge >= 0.3 is 0 Å². The van der Waals surface area contributed by atoms with Crippen LogP contribution < -0.4 is 5.32 Å². The predicted octanol–water partition coefficient (Wildman–Crippen LogP) is 2.13. The molecule has 22 heavy (non-hydrogen) atoms. The summed E-state index contributed by atoms with van der Waals surface area (Å²) in [6, 6.07) is 7.65. The molecule has 1 saturated carbocycles. The summed E-state index contributed by atoms with van der Waals surface area (Å²) in [5, 5.41) is 2.38. The molecule has 1 saturated heterocycles. The van der Waals surface area contributed by atoms with Gasteiger partial charge < -0.3 is 4.74 Å². The summed E-state index contributed by atoms with van der Waals surface area (Å²) in [5.74, 6) is 5.46. The van der Waals surface area contributed by atoms with E-state index >= 15 is 0 Å². The summed E-state index contributed by atoms with van der Waals surface area (Å²) in [5.41, 5.74) is 1.84. The molecule has 2 fully saturated rings. The number of carbonyl (C=O) groups excluding carboxylic acids is 2. The number of piperidine rings is 1. The summed E-state index contributed by atoms with van der Waals surface area (Å²) >= 11 is 0. The van der Waals surface area contributed by atoms with E-state index in [0.717, 1.165) is 24.0 Å². The quantitative estimate of drug-likeness (QED) is 0.687. The van der Waals surface area contributed by atoms with E-state index in [1.165, 1.54) is 6.42 Å². The molecule has 4 heteroatoms. The van der Waals surface area contributed by atoms with Crippen molar-refractivity contribution in [2.75, 3.05) is 6.61 Å². The van der Waals surface area contributed by atoms with Gasteiger partial charge in [-0.1, -0.05) is 24.0 Å². The summed E-state index contributed by atoms with van der Waals surface area (Å²) in [4.78, 5) is 23.0. The second-order valence-electron chi connectivity index (χ2n) is 5.79. The van der Waals surface area contributed by atoms with Gasteiger partial charge in [0.2, 0.25) is 11.8 Å². The molecule has 2 amide bonds. The Morgan fingerprint density at radius 1 is 1.14 bits per heavy atom. The van der Waals surface area contributed by atoms with Crippen molar-refractivity contribution in [3.8, 4) is 11.8 Å². The number of benzene rings is 1. The number of hydrogen-bond donors (Lipinski definition) is 1. The van der Waals surface area contributed by atoms with Gasteiger partial charge in [0.1, 0.15) is 6.61 Å². The van der Waals surface area contributed by atoms with Gasteiger partial charge in [0.25, 0.3) is 0 Å². The van der Waals surface area contributed by atoms with Gasteiger partial charge in [0, 0.05) is 12.0 Å². The highest BCUT2D eigenvalue weighted by atomic mass is 16.5. The number of hydrogen-bond acceptors (Lipinski definition) is 3. The molecule has 114 valence electrons. The SMILES string of the molecule is O=C1CCC(c2ccc(C#CCOC3CCC3)cc2)C(=O)N1. The van der Waals surface area contributed by atoms with Gasteiger partial charge in [0.05, 0.1) is 12.0 Å². The van der Waals surface area contributed by atoms with Crippen LogP contribution in [0.25, 0.3) is 0 Å². The molecule has 3 rings (SSSR count). The van der Waals surface area contributed by atoms with Crippen LogP contribution in [0, 0.1) is 11.8 Å². The van der Waals surface area contributed by atoms with Gasteiger partial charge in [-0.3, -0.25) is 14.9 Å². The Labute approximate surface area is 130 Å². The maximum Gasteiger partial charge on any atom is 0.234 e. The molecule has 4 nitrogen and oxygen atoms in total. The van der Waals surface area contributed by atoms with Crippen molar-refractivity contribution in [3.63, 3.8) is 0 Å². The normalized spacial score (nSPS) is 21.5. The number of rotatable bonds is 3. The lowest BCUT2D eigenvalue weighted by Gasteiger charge is -2.24. The van der Waals surface area contributed by atoms with Gasteiger partial charge in [-0.15, -0.1) is 0 Å². The summed E-state index contributed by atoms with van der Waals surface area (Å²) in [6.45, 7) is 0.472. The zero-order valence-corrected chi connectivity index (χ0v) is 12.4. The van der Waals surface area contributed by atoms with Crippen LogP contribution in [-0.4, -0.2) is 24.5 Å². The Hall–Kier alpha value is -2.12. The van der Waals surface area contributed by atoms with Crippen LogP contribution >= 0.6 is 0 Å². The van der Waals surface area contributed by atoms with Crippen molar-refractivity contribution in [2.24, 2.45) is 0 Å². The molecule has 0 spiro atoms. The Bertz CT molecular complexity index is 620. The molecule has 1 aliphatic carbocycles. The highest BCUT2D eigenvalue weighted by molar-refractivity contribution is 6.00. The van der Waals surface area contributed by atoms with Crippen LogP contribution in [0.15, 0.2) is 24.3 Å². The number of nitrogens with one attached hydrogen (secondary N) is 1. The minimum absolute atomic E-state index is 0.185. The van der Waals surface area contributed by atoms with Gasteiger partial charge in [0.15, 0.2) is 0 Å². The Balaban J connectivity index is 1.56. The van der Waals surface area contributed by atoms with Crippen molar-refractivity contribution in [1.82, 2.24) is 5.32 Å². The summed E-state index contributed by atoms with van der Waals surface area (Å²) in [6.07, 6.45) is 4.95. The average Bonchev–Trinajstić information content (AvgIpc) is 2.46. The molecule has 1 aromatic carbocycles. The van der Waals surface area contributed by atoms with E-state index in [1.807, 2.05) is 24.3 Å². The maximum atomic E-state index is 11.8. The standard InChI is InChI=1S/C18H19NO3/c20-17-11-10-16(18(21)19-17)14-8-6-13(7-9-14)3-2-12-22-15-4-1-5-15/h6-9,15-16H,1,4-5,10-12H2,(H,19,20,21). The summed E-state index contributed by atoms with van der Waals surface area (Å²) in [7, 11) is 0. The third kappa shape index (κ3) is 3.55. The second-order valence-corrected chi connectivity index (χ2v) is 5.79. The first-order valence-electron chi connectivity index (χ1n) is 7.76. The van der Waals surface area contributed by atoms with Gasteiger partial charge in [-0.05, 0) is 43.4 Å². The first-order valence-corrected chi connectivity index (χ1v) is 7.76. The fourth-order valence-corrected chi connectivity index (χ4v) is 2.65. The number of imide groups is 1. The zero-order chi connectivity index (χ0) is 15.4. The molecule has 1 aliphatic heterocycles. The minimum Gasteiger partial charge on any atom is -0.366 e. The molecular formula is C18H19NO3.